The van der Waals surface area contributed by atoms with Gasteiger partial charge in [-0.2, -0.15) is 0 Å². The molecule has 0 saturated carbocycles. The highest BCUT2D eigenvalue weighted by Gasteiger charge is 2.22. The Morgan fingerprint density at radius 3 is 2.67 bits per heavy atom. The zero-order valence-corrected chi connectivity index (χ0v) is 11.7. The van der Waals surface area contributed by atoms with Crippen LogP contribution in [0.1, 0.15) is 23.2 Å². The van der Waals surface area contributed by atoms with Gasteiger partial charge in [0.2, 0.25) is 0 Å². The molecule has 0 unspecified atom stereocenters. The number of halogens is 2. The maximum Gasteiger partial charge on any atom is 0.253 e. The molecule has 1 amide bonds. The van der Waals surface area contributed by atoms with Crippen molar-refractivity contribution >= 4 is 21.8 Å². The van der Waals surface area contributed by atoms with Crippen molar-refractivity contribution in [2.24, 2.45) is 0 Å². The number of hydrogen-bond donors (Lipinski definition) is 0. The van der Waals surface area contributed by atoms with E-state index in [9.17, 15) is 9.18 Å². The molecule has 0 radical (unpaired) electrons. The highest BCUT2D eigenvalue weighted by atomic mass is 79.9. The topological polar surface area (TPSA) is 29.5 Å². The number of nitrogens with zero attached hydrogens (tertiary/aromatic N) is 1. The van der Waals surface area contributed by atoms with Crippen LogP contribution in [0.5, 0.6) is 5.75 Å². The summed E-state index contributed by atoms with van der Waals surface area (Å²) in [6, 6.07) is 4.33. The van der Waals surface area contributed by atoms with Crippen LogP contribution in [-0.4, -0.2) is 35.8 Å². The summed E-state index contributed by atoms with van der Waals surface area (Å²) in [5, 5.41) is 0. The molecule has 0 atom stereocenters. The number of hydrogen-bond acceptors (Lipinski definition) is 2. The molecule has 5 heteroatoms. The van der Waals surface area contributed by atoms with Crippen LogP contribution in [0, 0.1) is 5.82 Å². The van der Waals surface area contributed by atoms with E-state index in [4.69, 9.17) is 4.74 Å². The molecule has 2 rings (SSSR count). The third-order valence-corrected chi connectivity index (χ3v) is 4.03. The van der Waals surface area contributed by atoms with E-state index in [-0.39, 0.29) is 11.7 Å². The Hall–Kier alpha value is -1.10. The minimum Gasteiger partial charge on any atom is -0.494 e. The summed E-state index contributed by atoms with van der Waals surface area (Å²) >= 11 is 3.54. The van der Waals surface area contributed by atoms with E-state index in [2.05, 4.69) is 15.9 Å². The van der Waals surface area contributed by atoms with Gasteiger partial charge in [-0.15, -0.1) is 0 Å². The second kappa shape index (κ2) is 5.69. The molecular weight excluding hydrogens is 301 g/mol. The lowest BCUT2D eigenvalue weighted by molar-refractivity contribution is 0.0728. The van der Waals surface area contributed by atoms with E-state index in [1.807, 2.05) is 0 Å². The van der Waals surface area contributed by atoms with Crippen molar-refractivity contribution in [3.63, 3.8) is 0 Å². The summed E-state index contributed by atoms with van der Waals surface area (Å²) in [7, 11) is 1.40. The Bertz CT molecular complexity index is 445. The summed E-state index contributed by atoms with van der Waals surface area (Å²) in [5.41, 5.74) is 0.376. The largest absolute Gasteiger partial charge is 0.494 e. The van der Waals surface area contributed by atoms with Crippen LogP contribution in [0.15, 0.2) is 18.2 Å². The molecule has 3 nitrogen and oxygen atoms in total. The van der Waals surface area contributed by atoms with Crippen molar-refractivity contribution in [3.05, 3.63) is 29.6 Å². The van der Waals surface area contributed by atoms with Gasteiger partial charge in [-0.3, -0.25) is 4.79 Å². The summed E-state index contributed by atoms with van der Waals surface area (Å²) in [5.74, 6) is -0.458. The van der Waals surface area contributed by atoms with Crippen molar-refractivity contribution in [1.29, 1.82) is 0 Å². The normalized spacial score (nSPS) is 16.7. The van der Waals surface area contributed by atoms with Gasteiger partial charge in [0.25, 0.3) is 5.91 Å². The van der Waals surface area contributed by atoms with Crippen molar-refractivity contribution in [1.82, 2.24) is 4.90 Å². The molecule has 0 aromatic heterocycles. The van der Waals surface area contributed by atoms with E-state index in [0.717, 1.165) is 12.8 Å². The van der Waals surface area contributed by atoms with Gasteiger partial charge in [-0.25, -0.2) is 4.39 Å². The van der Waals surface area contributed by atoms with Gasteiger partial charge in [0.1, 0.15) is 0 Å². The maximum absolute atomic E-state index is 13.5. The van der Waals surface area contributed by atoms with Gasteiger partial charge in [0.15, 0.2) is 11.6 Å². The lowest BCUT2D eigenvalue weighted by Crippen LogP contribution is -2.38. The smallest absolute Gasteiger partial charge is 0.253 e. The molecule has 0 N–H and O–H groups in total. The molecule has 1 aliphatic rings. The monoisotopic (exact) mass is 315 g/mol. The number of ether oxygens (including phenoxy) is 1. The van der Waals surface area contributed by atoms with E-state index in [0.29, 0.717) is 23.5 Å². The fourth-order valence-electron chi connectivity index (χ4n) is 2.03. The van der Waals surface area contributed by atoms with Crippen molar-refractivity contribution < 1.29 is 13.9 Å². The standard InChI is InChI=1S/C13H15BrFNO2/c1-18-12-3-2-9(8-11(12)15)13(17)16-6-4-10(14)5-7-16/h2-3,8,10H,4-7H2,1H3. The number of carbonyl (C=O) groups is 1. The molecule has 1 aromatic carbocycles. The summed E-state index contributed by atoms with van der Waals surface area (Å²) in [4.78, 5) is 14.4. The average Bonchev–Trinajstić information content (AvgIpc) is 2.38. The average molecular weight is 316 g/mol. The number of amides is 1. The molecule has 0 bridgehead atoms. The van der Waals surface area contributed by atoms with Crippen molar-refractivity contribution in [3.8, 4) is 5.75 Å². The van der Waals surface area contributed by atoms with Crippen molar-refractivity contribution in [2.75, 3.05) is 20.2 Å². The van der Waals surface area contributed by atoms with Gasteiger partial charge >= 0.3 is 0 Å². The first-order valence-electron chi connectivity index (χ1n) is 5.88. The number of alkyl halides is 1. The van der Waals surface area contributed by atoms with Crippen LogP contribution in [0.3, 0.4) is 0 Å². The van der Waals surface area contributed by atoms with Gasteiger partial charge < -0.3 is 9.64 Å². The van der Waals surface area contributed by atoms with Gasteiger partial charge in [-0.05, 0) is 31.0 Å². The Kier molecular flexibility index (Phi) is 4.22. The zero-order chi connectivity index (χ0) is 13.1. The fraction of sp³-hybridized carbons (Fsp3) is 0.462. The minimum atomic E-state index is -0.501. The van der Waals surface area contributed by atoms with E-state index in [1.54, 1.807) is 11.0 Å². The molecule has 0 aliphatic carbocycles. The zero-order valence-electron chi connectivity index (χ0n) is 10.2. The maximum atomic E-state index is 13.5. The predicted octanol–water partition coefficient (Wildman–Crippen LogP) is 2.83. The number of likely N-dealkylation sites (tertiary alicyclic amines) is 1. The molecule has 1 aromatic rings. The second-order valence-corrected chi connectivity index (χ2v) is 5.61. The number of piperidine rings is 1. The molecule has 1 fully saturated rings. The minimum absolute atomic E-state index is 0.115. The highest BCUT2D eigenvalue weighted by molar-refractivity contribution is 9.09. The third-order valence-electron chi connectivity index (χ3n) is 3.11. The lowest BCUT2D eigenvalue weighted by Gasteiger charge is -2.29. The molecule has 1 saturated heterocycles. The molecule has 1 heterocycles. The van der Waals surface area contributed by atoms with Crippen LogP contribution in [0.4, 0.5) is 4.39 Å². The first-order valence-corrected chi connectivity index (χ1v) is 6.80. The Morgan fingerprint density at radius 2 is 2.11 bits per heavy atom. The quantitative estimate of drug-likeness (QED) is 0.785. The predicted molar refractivity (Wildman–Crippen MR) is 70.8 cm³/mol. The van der Waals surface area contributed by atoms with E-state index in [1.165, 1.54) is 19.2 Å². The Labute approximate surface area is 114 Å². The Morgan fingerprint density at radius 1 is 1.44 bits per heavy atom. The third kappa shape index (κ3) is 2.83. The van der Waals surface area contributed by atoms with Crippen LogP contribution >= 0.6 is 15.9 Å². The summed E-state index contributed by atoms with van der Waals surface area (Å²) in [6.07, 6.45) is 1.87. The second-order valence-electron chi connectivity index (χ2n) is 4.32. The molecular formula is C13H15BrFNO2. The summed E-state index contributed by atoms with van der Waals surface area (Å²) < 4.78 is 18.4. The van der Waals surface area contributed by atoms with Gasteiger partial charge in [-0.1, -0.05) is 15.9 Å². The molecule has 1 aliphatic heterocycles. The molecule has 98 valence electrons. The Balaban J connectivity index is 2.11. The number of rotatable bonds is 2. The number of benzene rings is 1. The van der Waals surface area contributed by atoms with Crippen molar-refractivity contribution in [2.45, 2.75) is 17.7 Å². The molecule has 0 spiro atoms. The number of methoxy groups -OCH3 is 1. The number of carbonyl (C=O) groups excluding carboxylic acids is 1. The van der Waals surface area contributed by atoms with Gasteiger partial charge in [0, 0.05) is 23.5 Å². The van der Waals surface area contributed by atoms with E-state index >= 15 is 0 Å². The van der Waals surface area contributed by atoms with Crippen LogP contribution in [-0.2, 0) is 0 Å². The fourth-order valence-corrected chi connectivity index (χ4v) is 2.44. The van der Waals surface area contributed by atoms with Crippen LogP contribution < -0.4 is 4.74 Å². The first-order chi connectivity index (χ1) is 8.61. The summed E-state index contributed by atoms with van der Waals surface area (Å²) in [6.45, 7) is 1.42. The van der Waals surface area contributed by atoms with Gasteiger partial charge in [0.05, 0.1) is 7.11 Å². The van der Waals surface area contributed by atoms with E-state index < -0.39 is 5.82 Å². The van der Waals surface area contributed by atoms with Crippen LogP contribution in [0.2, 0.25) is 0 Å². The SMILES string of the molecule is COc1ccc(C(=O)N2CCC(Br)CC2)cc1F. The first kappa shape index (κ1) is 13.3. The highest BCUT2D eigenvalue weighted by Crippen LogP contribution is 2.22. The van der Waals surface area contributed by atoms with Crippen LogP contribution in [0.25, 0.3) is 0 Å². The lowest BCUT2D eigenvalue weighted by atomic mass is 10.1. The molecule has 18 heavy (non-hydrogen) atoms.